The molecule has 0 radical (unpaired) electrons. The van der Waals surface area contributed by atoms with Crippen molar-refractivity contribution in [2.75, 3.05) is 0 Å². The van der Waals surface area contributed by atoms with Crippen molar-refractivity contribution in [3.8, 4) is 12.3 Å². The molecule has 5 nitrogen and oxygen atoms in total. The van der Waals surface area contributed by atoms with Crippen LogP contribution in [0, 0.1) is 12.3 Å². The lowest BCUT2D eigenvalue weighted by atomic mass is 10.1. The summed E-state index contributed by atoms with van der Waals surface area (Å²) in [6, 6.07) is 3.00. The second-order valence-corrected chi connectivity index (χ2v) is 4.14. The highest BCUT2D eigenvalue weighted by atomic mass is 16.4. The van der Waals surface area contributed by atoms with Crippen molar-refractivity contribution in [2.24, 2.45) is 0 Å². The number of nitrogens with one attached hydrogen (secondary N) is 1. The standard InChI is InChI=1S/C12H14N2O3/c1-4-12(2,3)13-10(15)8-14-7-5-6-9(14)11(16)17/h1,5-7H,8H2,2-3H3,(H,13,15)(H,16,17). The quantitative estimate of drug-likeness (QED) is 0.754. The molecule has 1 heterocycles. The molecule has 5 heteroatoms. The zero-order chi connectivity index (χ0) is 13.1. The number of amides is 1. The van der Waals surface area contributed by atoms with Gasteiger partial charge in [-0.2, -0.15) is 0 Å². The van der Waals surface area contributed by atoms with Crippen molar-refractivity contribution in [3.05, 3.63) is 24.0 Å². The number of carboxylic acids is 1. The van der Waals surface area contributed by atoms with Crippen molar-refractivity contribution in [3.63, 3.8) is 0 Å². The zero-order valence-corrected chi connectivity index (χ0v) is 9.73. The van der Waals surface area contributed by atoms with Gasteiger partial charge in [0.15, 0.2) is 0 Å². The van der Waals surface area contributed by atoms with E-state index in [0.717, 1.165) is 0 Å². The van der Waals surface area contributed by atoms with Gasteiger partial charge < -0.3 is 15.0 Å². The Hall–Kier alpha value is -2.22. The Kier molecular flexibility index (Phi) is 3.59. The van der Waals surface area contributed by atoms with E-state index in [0.29, 0.717) is 0 Å². The maximum atomic E-state index is 11.6. The van der Waals surface area contributed by atoms with Crippen molar-refractivity contribution >= 4 is 11.9 Å². The predicted octanol–water partition coefficient (Wildman–Crippen LogP) is 0.714. The van der Waals surface area contributed by atoms with E-state index in [9.17, 15) is 9.59 Å². The number of hydrogen-bond donors (Lipinski definition) is 2. The maximum Gasteiger partial charge on any atom is 0.352 e. The van der Waals surface area contributed by atoms with Crippen molar-refractivity contribution in [2.45, 2.75) is 25.9 Å². The first kappa shape index (κ1) is 12.8. The number of aromatic carboxylic acids is 1. The Labute approximate surface area is 99.4 Å². The van der Waals surface area contributed by atoms with Crippen LogP contribution in [0.15, 0.2) is 18.3 Å². The molecule has 2 N–H and O–H groups in total. The molecule has 0 saturated carbocycles. The smallest absolute Gasteiger partial charge is 0.352 e. The Morgan fingerprint density at radius 2 is 2.24 bits per heavy atom. The summed E-state index contributed by atoms with van der Waals surface area (Å²) in [4.78, 5) is 22.5. The van der Waals surface area contributed by atoms with E-state index in [1.54, 1.807) is 19.9 Å². The molecule has 0 fully saturated rings. The number of rotatable bonds is 4. The van der Waals surface area contributed by atoms with Crippen LogP contribution >= 0.6 is 0 Å². The van der Waals surface area contributed by atoms with Gasteiger partial charge in [0, 0.05) is 6.20 Å². The minimum atomic E-state index is -1.07. The van der Waals surface area contributed by atoms with Crippen molar-refractivity contribution in [1.82, 2.24) is 9.88 Å². The molecule has 0 atom stereocenters. The van der Waals surface area contributed by atoms with Gasteiger partial charge in [-0.15, -0.1) is 6.42 Å². The molecule has 1 amide bonds. The first-order valence-electron chi connectivity index (χ1n) is 5.03. The monoisotopic (exact) mass is 234 g/mol. The van der Waals surface area contributed by atoms with Crippen LogP contribution in [-0.2, 0) is 11.3 Å². The number of aromatic nitrogens is 1. The highest BCUT2D eigenvalue weighted by Gasteiger charge is 2.18. The van der Waals surface area contributed by atoms with Gasteiger partial charge in [-0.3, -0.25) is 4.79 Å². The first-order valence-corrected chi connectivity index (χ1v) is 5.03. The lowest BCUT2D eigenvalue weighted by Crippen LogP contribution is -2.43. The second kappa shape index (κ2) is 4.74. The lowest BCUT2D eigenvalue weighted by molar-refractivity contribution is -0.122. The van der Waals surface area contributed by atoms with Gasteiger partial charge in [-0.05, 0) is 26.0 Å². The fourth-order valence-corrected chi connectivity index (χ4v) is 1.32. The minimum absolute atomic E-state index is 0.0682. The summed E-state index contributed by atoms with van der Waals surface area (Å²) < 4.78 is 1.35. The third kappa shape index (κ3) is 3.38. The van der Waals surface area contributed by atoms with Crippen LogP contribution < -0.4 is 5.32 Å². The number of carbonyl (C=O) groups excluding carboxylic acids is 1. The van der Waals surface area contributed by atoms with Gasteiger partial charge in [0.25, 0.3) is 0 Å². The van der Waals surface area contributed by atoms with Crippen LogP contribution in [0.3, 0.4) is 0 Å². The normalized spacial score (nSPS) is 10.6. The number of hydrogen-bond acceptors (Lipinski definition) is 2. The summed E-state index contributed by atoms with van der Waals surface area (Å²) in [6.45, 7) is 3.32. The van der Waals surface area contributed by atoms with E-state index in [1.807, 2.05) is 0 Å². The summed E-state index contributed by atoms with van der Waals surface area (Å²) in [7, 11) is 0. The van der Waals surface area contributed by atoms with Crippen molar-refractivity contribution < 1.29 is 14.7 Å². The molecular weight excluding hydrogens is 220 g/mol. The third-order valence-electron chi connectivity index (χ3n) is 2.18. The van der Waals surface area contributed by atoms with Crippen LogP contribution in [0.4, 0.5) is 0 Å². The SMILES string of the molecule is C#CC(C)(C)NC(=O)Cn1cccc1C(=O)O. The van der Waals surface area contributed by atoms with Gasteiger partial charge in [-0.1, -0.05) is 5.92 Å². The average Bonchev–Trinajstić information content (AvgIpc) is 2.65. The minimum Gasteiger partial charge on any atom is -0.477 e. The van der Waals surface area contributed by atoms with E-state index < -0.39 is 11.5 Å². The summed E-state index contributed by atoms with van der Waals surface area (Å²) in [5.74, 6) is 1.03. The fraction of sp³-hybridized carbons (Fsp3) is 0.333. The molecule has 0 aliphatic rings. The van der Waals surface area contributed by atoms with Crippen molar-refractivity contribution in [1.29, 1.82) is 0 Å². The zero-order valence-electron chi connectivity index (χ0n) is 9.73. The predicted molar refractivity (Wildman–Crippen MR) is 62.4 cm³/mol. The lowest BCUT2D eigenvalue weighted by Gasteiger charge is -2.19. The van der Waals surface area contributed by atoms with Crippen LogP contribution in [0.2, 0.25) is 0 Å². The molecule has 1 aromatic rings. The van der Waals surface area contributed by atoms with Gasteiger partial charge >= 0.3 is 5.97 Å². The van der Waals surface area contributed by atoms with E-state index in [1.165, 1.54) is 16.8 Å². The molecular formula is C12H14N2O3. The molecule has 1 aromatic heterocycles. The first-order chi connectivity index (χ1) is 7.85. The molecule has 0 spiro atoms. The van der Waals surface area contributed by atoms with Gasteiger partial charge in [0.1, 0.15) is 12.2 Å². The van der Waals surface area contributed by atoms with E-state index in [2.05, 4.69) is 11.2 Å². The molecule has 0 unspecified atom stereocenters. The summed E-state index contributed by atoms with van der Waals surface area (Å²) >= 11 is 0. The second-order valence-electron chi connectivity index (χ2n) is 4.14. The Balaban J connectivity index is 2.73. The largest absolute Gasteiger partial charge is 0.477 e. The Morgan fingerprint density at radius 3 is 2.76 bits per heavy atom. The molecule has 17 heavy (non-hydrogen) atoms. The topological polar surface area (TPSA) is 71.3 Å². The maximum absolute atomic E-state index is 11.6. The molecule has 0 aliphatic heterocycles. The highest BCUT2D eigenvalue weighted by Crippen LogP contribution is 2.04. The van der Waals surface area contributed by atoms with Gasteiger partial charge in [0.2, 0.25) is 5.91 Å². The van der Waals surface area contributed by atoms with Crippen LogP contribution in [0.5, 0.6) is 0 Å². The number of nitrogens with zero attached hydrogens (tertiary/aromatic N) is 1. The van der Waals surface area contributed by atoms with Gasteiger partial charge in [-0.25, -0.2) is 4.79 Å². The molecule has 0 aromatic carbocycles. The Bertz CT molecular complexity index is 480. The van der Waals surface area contributed by atoms with E-state index in [-0.39, 0.29) is 18.1 Å². The van der Waals surface area contributed by atoms with E-state index in [4.69, 9.17) is 11.5 Å². The molecule has 0 bridgehead atoms. The third-order valence-corrected chi connectivity index (χ3v) is 2.18. The number of terminal acetylenes is 1. The number of carbonyl (C=O) groups is 2. The Morgan fingerprint density at radius 1 is 1.59 bits per heavy atom. The molecule has 90 valence electrons. The van der Waals surface area contributed by atoms with Gasteiger partial charge in [0.05, 0.1) is 5.54 Å². The fourth-order valence-electron chi connectivity index (χ4n) is 1.32. The molecule has 1 rings (SSSR count). The van der Waals surface area contributed by atoms with Crippen LogP contribution in [0.1, 0.15) is 24.3 Å². The highest BCUT2D eigenvalue weighted by molar-refractivity contribution is 5.87. The molecule has 0 aliphatic carbocycles. The summed E-state index contributed by atoms with van der Waals surface area (Å²) in [5, 5.41) is 11.5. The average molecular weight is 234 g/mol. The van der Waals surface area contributed by atoms with Crippen LogP contribution in [0.25, 0.3) is 0 Å². The summed E-state index contributed by atoms with van der Waals surface area (Å²) in [6.07, 6.45) is 6.77. The van der Waals surface area contributed by atoms with Crippen LogP contribution in [-0.4, -0.2) is 27.1 Å². The van der Waals surface area contributed by atoms with E-state index >= 15 is 0 Å². The number of carboxylic acid groups (broad SMARTS) is 1. The molecule has 0 saturated heterocycles. The summed E-state index contributed by atoms with van der Waals surface area (Å²) in [5.41, 5.74) is -0.674.